The van der Waals surface area contributed by atoms with E-state index >= 15 is 0 Å². The number of methoxy groups -OCH3 is 1. The minimum Gasteiger partial charge on any atom is -0.496 e. The molecular weight excluding hydrogens is 414 g/mol. The zero-order valence-corrected chi connectivity index (χ0v) is 16.0. The standard InChI is InChI=1S/C20H20F6N2O2/c1-29-17-12-14(19(21,22)23)4-7-16(17)18(28-10-8-27-9-11-28)13-2-5-15(6-3-13)30-20(24,25)26/h2-7,12,18,27H,8-11H2,1H3/t18-/m1/s1. The largest absolute Gasteiger partial charge is 0.573 e. The van der Waals surface area contributed by atoms with Gasteiger partial charge in [0.1, 0.15) is 11.5 Å². The van der Waals surface area contributed by atoms with E-state index in [-0.39, 0.29) is 11.5 Å². The Labute approximate surface area is 169 Å². The third-order valence-corrected chi connectivity index (χ3v) is 4.80. The van der Waals surface area contributed by atoms with E-state index in [0.29, 0.717) is 37.3 Å². The molecule has 0 spiro atoms. The van der Waals surface area contributed by atoms with Crippen molar-refractivity contribution in [3.63, 3.8) is 0 Å². The Balaban J connectivity index is 2.01. The van der Waals surface area contributed by atoms with Gasteiger partial charge in [-0.15, -0.1) is 13.2 Å². The lowest BCUT2D eigenvalue weighted by molar-refractivity contribution is -0.274. The van der Waals surface area contributed by atoms with E-state index in [2.05, 4.69) is 10.1 Å². The van der Waals surface area contributed by atoms with Crippen LogP contribution in [0.4, 0.5) is 26.3 Å². The second-order valence-electron chi connectivity index (χ2n) is 6.76. The van der Waals surface area contributed by atoms with Gasteiger partial charge >= 0.3 is 12.5 Å². The number of nitrogens with one attached hydrogen (secondary N) is 1. The van der Waals surface area contributed by atoms with Gasteiger partial charge in [-0.05, 0) is 29.8 Å². The fourth-order valence-electron chi connectivity index (χ4n) is 3.49. The maximum Gasteiger partial charge on any atom is 0.573 e. The number of rotatable bonds is 5. The van der Waals surface area contributed by atoms with Crippen LogP contribution in [0.25, 0.3) is 0 Å². The number of nitrogens with zero attached hydrogens (tertiary/aromatic N) is 1. The third kappa shape index (κ3) is 5.37. The summed E-state index contributed by atoms with van der Waals surface area (Å²) >= 11 is 0. The predicted molar refractivity (Wildman–Crippen MR) is 97.4 cm³/mol. The average Bonchev–Trinajstić information content (AvgIpc) is 2.68. The van der Waals surface area contributed by atoms with Gasteiger partial charge in [0.25, 0.3) is 0 Å². The molecule has 0 aromatic heterocycles. The third-order valence-electron chi connectivity index (χ3n) is 4.80. The van der Waals surface area contributed by atoms with E-state index in [1.807, 2.05) is 4.90 Å². The van der Waals surface area contributed by atoms with Crippen molar-refractivity contribution >= 4 is 0 Å². The summed E-state index contributed by atoms with van der Waals surface area (Å²) < 4.78 is 85.8. The molecule has 2 aromatic carbocycles. The first kappa shape index (κ1) is 22.2. The van der Waals surface area contributed by atoms with Crippen molar-refractivity contribution < 1.29 is 35.8 Å². The molecule has 1 fully saturated rings. The normalized spacial score (nSPS) is 16.9. The molecule has 1 heterocycles. The molecule has 3 rings (SSSR count). The Bertz CT molecular complexity index is 846. The lowest BCUT2D eigenvalue weighted by Crippen LogP contribution is -2.45. The lowest BCUT2D eigenvalue weighted by atomic mass is 9.94. The first-order chi connectivity index (χ1) is 14.1. The van der Waals surface area contributed by atoms with Gasteiger partial charge in [0, 0.05) is 31.7 Å². The highest BCUT2D eigenvalue weighted by molar-refractivity contribution is 5.45. The maximum atomic E-state index is 13.1. The summed E-state index contributed by atoms with van der Waals surface area (Å²) in [6, 6.07) is 8.11. The summed E-state index contributed by atoms with van der Waals surface area (Å²) in [5, 5.41) is 3.20. The SMILES string of the molecule is COc1cc(C(F)(F)F)ccc1[C@@H](c1ccc(OC(F)(F)F)cc1)N1CCNCC1. The lowest BCUT2D eigenvalue weighted by Gasteiger charge is -2.36. The highest BCUT2D eigenvalue weighted by atomic mass is 19.4. The minimum absolute atomic E-state index is 0.0592. The van der Waals surface area contributed by atoms with Crippen molar-refractivity contribution in [2.75, 3.05) is 33.3 Å². The molecule has 1 aliphatic rings. The summed E-state index contributed by atoms with van der Waals surface area (Å²) in [5.74, 6) is -0.311. The van der Waals surface area contributed by atoms with Crippen molar-refractivity contribution in [2.45, 2.75) is 18.6 Å². The van der Waals surface area contributed by atoms with Crippen LogP contribution in [0.15, 0.2) is 42.5 Å². The van der Waals surface area contributed by atoms with Crippen molar-refractivity contribution in [3.8, 4) is 11.5 Å². The van der Waals surface area contributed by atoms with Gasteiger partial charge < -0.3 is 14.8 Å². The molecule has 1 aliphatic heterocycles. The van der Waals surface area contributed by atoms with Crippen LogP contribution in [0.2, 0.25) is 0 Å². The van der Waals surface area contributed by atoms with Crippen LogP contribution >= 0.6 is 0 Å². The molecule has 2 aromatic rings. The molecule has 0 radical (unpaired) electrons. The molecule has 0 unspecified atom stereocenters. The smallest absolute Gasteiger partial charge is 0.496 e. The average molecular weight is 434 g/mol. The summed E-state index contributed by atoms with van der Waals surface area (Å²) in [5.41, 5.74) is 0.275. The number of piperazine rings is 1. The topological polar surface area (TPSA) is 33.7 Å². The number of halogens is 6. The monoisotopic (exact) mass is 434 g/mol. The number of benzene rings is 2. The fraction of sp³-hybridized carbons (Fsp3) is 0.400. The van der Waals surface area contributed by atoms with E-state index in [1.165, 1.54) is 37.4 Å². The highest BCUT2D eigenvalue weighted by Gasteiger charge is 2.34. The van der Waals surface area contributed by atoms with Gasteiger partial charge in [0.2, 0.25) is 0 Å². The second-order valence-corrected chi connectivity index (χ2v) is 6.76. The van der Waals surface area contributed by atoms with Gasteiger partial charge in [-0.25, -0.2) is 0 Å². The number of hydrogen-bond acceptors (Lipinski definition) is 4. The maximum absolute atomic E-state index is 13.1. The van der Waals surface area contributed by atoms with Crippen molar-refractivity contribution in [1.82, 2.24) is 10.2 Å². The molecule has 1 atom stereocenters. The first-order valence-electron chi connectivity index (χ1n) is 9.14. The molecule has 0 saturated carbocycles. The summed E-state index contributed by atoms with van der Waals surface area (Å²) in [7, 11) is 1.29. The summed E-state index contributed by atoms with van der Waals surface area (Å²) in [4.78, 5) is 2.04. The Hall–Kier alpha value is -2.46. The van der Waals surface area contributed by atoms with E-state index in [4.69, 9.17) is 4.74 Å². The van der Waals surface area contributed by atoms with Crippen molar-refractivity contribution in [2.24, 2.45) is 0 Å². The molecule has 164 valence electrons. The van der Waals surface area contributed by atoms with Gasteiger partial charge in [-0.1, -0.05) is 18.2 Å². The van der Waals surface area contributed by atoms with E-state index < -0.39 is 24.1 Å². The van der Waals surface area contributed by atoms with Crippen LogP contribution in [-0.2, 0) is 6.18 Å². The Morgan fingerprint density at radius 2 is 1.57 bits per heavy atom. The molecule has 0 amide bonds. The molecule has 0 aliphatic carbocycles. The fourth-order valence-corrected chi connectivity index (χ4v) is 3.49. The first-order valence-corrected chi connectivity index (χ1v) is 9.14. The van der Waals surface area contributed by atoms with Gasteiger partial charge in [-0.3, -0.25) is 4.90 Å². The van der Waals surface area contributed by atoms with Crippen LogP contribution in [0.5, 0.6) is 11.5 Å². The van der Waals surface area contributed by atoms with Crippen LogP contribution < -0.4 is 14.8 Å². The molecule has 1 saturated heterocycles. The number of alkyl halides is 6. The number of hydrogen-bond donors (Lipinski definition) is 1. The number of ether oxygens (including phenoxy) is 2. The summed E-state index contributed by atoms with van der Waals surface area (Å²) in [6.07, 6.45) is -9.33. The van der Waals surface area contributed by atoms with Crippen LogP contribution in [-0.4, -0.2) is 44.6 Å². The molecule has 10 heteroatoms. The zero-order valence-electron chi connectivity index (χ0n) is 16.0. The summed E-state index contributed by atoms with van der Waals surface area (Å²) in [6.45, 7) is 2.56. The predicted octanol–water partition coefficient (Wildman–Crippen LogP) is 4.61. The minimum atomic E-state index is -4.81. The van der Waals surface area contributed by atoms with Crippen LogP contribution in [0.1, 0.15) is 22.7 Å². The van der Waals surface area contributed by atoms with Gasteiger partial charge in [0.05, 0.1) is 18.7 Å². The van der Waals surface area contributed by atoms with Crippen molar-refractivity contribution in [1.29, 1.82) is 0 Å². The van der Waals surface area contributed by atoms with Crippen LogP contribution in [0.3, 0.4) is 0 Å². The van der Waals surface area contributed by atoms with Crippen LogP contribution in [0, 0.1) is 0 Å². The highest BCUT2D eigenvalue weighted by Crippen LogP contribution is 2.39. The zero-order chi connectivity index (χ0) is 21.9. The Kier molecular flexibility index (Phi) is 6.47. The molecule has 30 heavy (non-hydrogen) atoms. The molecule has 1 N–H and O–H groups in total. The van der Waals surface area contributed by atoms with E-state index in [1.54, 1.807) is 0 Å². The Morgan fingerprint density at radius 1 is 0.933 bits per heavy atom. The quantitative estimate of drug-likeness (QED) is 0.698. The van der Waals surface area contributed by atoms with E-state index in [0.717, 1.165) is 12.1 Å². The molecular formula is C20H20F6N2O2. The van der Waals surface area contributed by atoms with E-state index in [9.17, 15) is 26.3 Å². The second kappa shape index (κ2) is 8.73. The molecule has 0 bridgehead atoms. The Morgan fingerprint density at radius 3 is 2.10 bits per heavy atom. The van der Waals surface area contributed by atoms with Crippen molar-refractivity contribution in [3.05, 3.63) is 59.2 Å². The van der Waals surface area contributed by atoms with Gasteiger partial charge in [0.15, 0.2) is 0 Å². The van der Waals surface area contributed by atoms with Gasteiger partial charge in [-0.2, -0.15) is 13.2 Å². The molecule has 4 nitrogen and oxygen atoms in total.